The van der Waals surface area contributed by atoms with Crippen molar-refractivity contribution in [2.24, 2.45) is 5.92 Å². The fourth-order valence-electron chi connectivity index (χ4n) is 4.30. The molecule has 9 nitrogen and oxygen atoms in total. The third-order valence-corrected chi connectivity index (χ3v) is 6.24. The summed E-state index contributed by atoms with van der Waals surface area (Å²) < 4.78 is 40.2. The number of halogens is 3. The van der Waals surface area contributed by atoms with E-state index >= 15 is 0 Å². The Morgan fingerprint density at radius 3 is 2.31 bits per heavy atom. The first-order chi connectivity index (χ1) is 16.6. The SMILES string of the molecule is O=C(Nc1ccccc1)C1Cn2ccnc2C2(CCN(C(=O)C3CC3)CC2)O1.O=C(O)C(F)(F)F. The molecule has 1 aliphatic carbocycles. The molecule has 0 radical (unpaired) electrons. The molecule has 1 aromatic carbocycles. The van der Waals surface area contributed by atoms with E-state index < -0.39 is 23.9 Å². The van der Waals surface area contributed by atoms with Crippen LogP contribution >= 0.6 is 0 Å². The minimum absolute atomic E-state index is 0.151. The van der Waals surface area contributed by atoms with Gasteiger partial charge in [-0.05, 0) is 25.0 Å². The topological polar surface area (TPSA) is 114 Å². The highest BCUT2D eigenvalue weighted by atomic mass is 19.4. The van der Waals surface area contributed by atoms with Crippen LogP contribution in [0.4, 0.5) is 18.9 Å². The molecule has 3 aliphatic rings. The molecule has 1 spiro atoms. The number of rotatable bonds is 3. The molecule has 1 saturated heterocycles. The van der Waals surface area contributed by atoms with Gasteiger partial charge in [0.25, 0.3) is 5.91 Å². The van der Waals surface area contributed by atoms with Crippen LogP contribution in [0.2, 0.25) is 0 Å². The molecular weight excluding hydrogens is 469 g/mol. The van der Waals surface area contributed by atoms with E-state index in [0.29, 0.717) is 32.5 Å². The number of hydrogen-bond acceptors (Lipinski definition) is 5. The molecule has 1 aromatic heterocycles. The molecule has 1 saturated carbocycles. The fourth-order valence-corrected chi connectivity index (χ4v) is 4.30. The number of aromatic nitrogens is 2. The number of carbonyl (C=O) groups excluding carboxylic acids is 2. The van der Waals surface area contributed by atoms with Crippen molar-refractivity contribution in [1.82, 2.24) is 14.5 Å². The van der Waals surface area contributed by atoms with Crippen LogP contribution in [0.15, 0.2) is 42.7 Å². The summed E-state index contributed by atoms with van der Waals surface area (Å²) in [6.07, 6.45) is 1.36. The molecule has 1 atom stereocenters. The number of anilines is 1. The van der Waals surface area contributed by atoms with E-state index in [0.717, 1.165) is 24.4 Å². The lowest BCUT2D eigenvalue weighted by Gasteiger charge is -2.45. The number of alkyl halides is 3. The number of nitrogens with one attached hydrogen (secondary N) is 1. The molecule has 2 amide bonds. The quantitative estimate of drug-likeness (QED) is 0.679. The van der Waals surface area contributed by atoms with Gasteiger partial charge in [0.2, 0.25) is 5.91 Å². The zero-order valence-electron chi connectivity index (χ0n) is 18.7. The van der Waals surface area contributed by atoms with Gasteiger partial charge in [0.15, 0.2) is 6.10 Å². The van der Waals surface area contributed by atoms with Gasteiger partial charge in [-0.2, -0.15) is 13.2 Å². The first-order valence-electron chi connectivity index (χ1n) is 11.2. The second kappa shape index (κ2) is 9.68. The number of nitrogens with zero attached hydrogens (tertiary/aromatic N) is 3. The van der Waals surface area contributed by atoms with E-state index in [2.05, 4.69) is 10.3 Å². The molecule has 2 fully saturated rings. The van der Waals surface area contributed by atoms with Crippen molar-refractivity contribution >= 4 is 23.5 Å². The van der Waals surface area contributed by atoms with E-state index in [1.54, 1.807) is 6.20 Å². The van der Waals surface area contributed by atoms with Crippen molar-refractivity contribution in [2.75, 3.05) is 18.4 Å². The van der Waals surface area contributed by atoms with E-state index in [9.17, 15) is 22.8 Å². The minimum atomic E-state index is -5.08. The number of ether oxygens (including phenoxy) is 1. The van der Waals surface area contributed by atoms with Crippen LogP contribution in [0.1, 0.15) is 31.5 Å². The van der Waals surface area contributed by atoms with E-state index in [1.807, 2.05) is 46.0 Å². The number of aliphatic carboxylic acids is 1. The van der Waals surface area contributed by atoms with Crippen molar-refractivity contribution < 1.29 is 37.4 Å². The minimum Gasteiger partial charge on any atom is -0.475 e. The van der Waals surface area contributed by atoms with Crippen LogP contribution in [0.25, 0.3) is 0 Å². The lowest BCUT2D eigenvalue weighted by molar-refractivity contribution is -0.192. The normalized spacial score (nSPS) is 20.9. The first-order valence-corrected chi connectivity index (χ1v) is 11.2. The molecule has 12 heteroatoms. The Bertz CT molecular complexity index is 1080. The van der Waals surface area contributed by atoms with Crippen molar-refractivity contribution in [3.8, 4) is 0 Å². The molecule has 2 aromatic rings. The highest BCUT2D eigenvalue weighted by Gasteiger charge is 2.48. The van der Waals surface area contributed by atoms with Gasteiger partial charge in [-0.25, -0.2) is 9.78 Å². The third-order valence-electron chi connectivity index (χ3n) is 6.24. The largest absolute Gasteiger partial charge is 0.490 e. The van der Waals surface area contributed by atoms with E-state index in [-0.39, 0.29) is 17.7 Å². The monoisotopic (exact) mass is 494 g/mol. The summed E-state index contributed by atoms with van der Waals surface area (Å²) in [5.41, 5.74) is 0.146. The fraction of sp³-hybridized carbons (Fsp3) is 0.478. The van der Waals surface area contributed by atoms with Crippen LogP contribution in [0.5, 0.6) is 0 Å². The average molecular weight is 494 g/mol. The summed E-state index contributed by atoms with van der Waals surface area (Å²) in [5, 5.41) is 10.1. The summed E-state index contributed by atoms with van der Waals surface area (Å²) in [7, 11) is 0. The van der Waals surface area contributed by atoms with Crippen LogP contribution in [0.3, 0.4) is 0 Å². The molecule has 188 valence electrons. The Morgan fingerprint density at radius 1 is 1.11 bits per heavy atom. The van der Waals surface area contributed by atoms with Gasteiger partial charge in [0.05, 0.1) is 6.54 Å². The van der Waals surface area contributed by atoms with E-state index in [1.165, 1.54) is 0 Å². The summed E-state index contributed by atoms with van der Waals surface area (Å²) in [6.45, 7) is 1.74. The van der Waals surface area contributed by atoms with Gasteiger partial charge in [-0.15, -0.1) is 0 Å². The number of likely N-dealkylation sites (tertiary alicyclic amines) is 1. The zero-order valence-corrected chi connectivity index (χ0v) is 18.7. The van der Waals surface area contributed by atoms with Gasteiger partial charge >= 0.3 is 12.1 Å². The van der Waals surface area contributed by atoms with Crippen LogP contribution < -0.4 is 5.32 Å². The standard InChI is InChI=1S/C21H24N4O3.C2HF3O2/c26-18(23-16-4-2-1-3-5-16)17-14-25-13-10-22-20(25)21(28-17)8-11-24(12-9-21)19(27)15-6-7-15;3-2(4,5)1(6)7/h1-5,10,13,15,17H,6-9,11-12,14H2,(H,23,26);(H,6,7). The molecule has 0 bridgehead atoms. The molecule has 3 heterocycles. The molecule has 2 N–H and O–H groups in total. The lowest BCUT2D eigenvalue weighted by atomic mass is 9.88. The number of hydrogen-bond donors (Lipinski definition) is 2. The second-order valence-electron chi connectivity index (χ2n) is 8.76. The Labute approximate surface area is 198 Å². The number of imidazole rings is 1. The van der Waals surface area contributed by atoms with E-state index in [4.69, 9.17) is 14.6 Å². The number of amides is 2. The smallest absolute Gasteiger partial charge is 0.475 e. The van der Waals surface area contributed by atoms with Gasteiger partial charge < -0.3 is 24.6 Å². The van der Waals surface area contributed by atoms with Gasteiger partial charge in [0, 0.05) is 49.9 Å². The van der Waals surface area contributed by atoms with Crippen molar-refractivity contribution in [1.29, 1.82) is 0 Å². The number of carboxylic acid groups (broad SMARTS) is 1. The van der Waals surface area contributed by atoms with Crippen molar-refractivity contribution in [3.63, 3.8) is 0 Å². The Balaban J connectivity index is 0.000000364. The maximum absolute atomic E-state index is 12.9. The second-order valence-corrected chi connectivity index (χ2v) is 8.76. The summed E-state index contributed by atoms with van der Waals surface area (Å²) in [5.74, 6) is -1.54. The summed E-state index contributed by atoms with van der Waals surface area (Å²) in [4.78, 5) is 40.6. The van der Waals surface area contributed by atoms with Crippen LogP contribution in [-0.4, -0.2) is 62.7 Å². The number of carbonyl (C=O) groups is 3. The Hall–Kier alpha value is -3.41. The predicted octanol–water partition coefficient (Wildman–Crippen LogP) is 2.78. The first kappa shape index (κ1) is 24.7. The molecule has 1 unspecified atom stereocenters. The Morgan fingerprint density at radius 2 is 1.74 bits per heavy atom. The lowest BCUT2D eigenvalue weighted by Crippen LogP contribution is -2.54. The molecular formula is C23H25F3N4O5. The molecule has 2 aliphatic heterocycles. The number of benzene rings is 1. The number of fused-ring (bicyclic) bond motifs is 2. The number of para-hydroxylation sites is 1. The van der Waals surface area contributed by atoms with Crippen LogP contribution in [-0.2, 0) is 31.3 Å². The summed E-state index contributed by atoms with van der Waals surface area (Å²) >= 11 is 0. The highest BCUT2D eigenvalue weighted by Crippen LogP contribution is 2.41. The highest BCUT2D eigenvalue weighted by molar-refractivity contribution is 5.94. The van der Waals surface area contributed by atoms with Crippen LogP contribution in [0, 0.1) is 5.92 Å². The number of piperidine rings is 1. The van der Waals surface area contributed by atoms with Gasteiger partial charge in [-0.1, -0.05) is 18.2 Å². The summed E-state index contributed by atoms with van der Waals surface area (Å²) in [6, 6.07) is 9.41. The van der Waals surface area contributed by atoms with Crippen molar-refractivity contribution in [2.45, 2.75) is 50.1 Å². The third kappa shape index (κ3) is 5.64. The predicted molar refractivity (Wildman–Crippen MR) is 116 cm³/mol. The maximum Gasteiger partial charge on any atom is 0.490 e. The molecule has 5 rings (SSSR count). The maximum atomic E-state index is 12.9. The average Bonchev–Trinajstić information content (AvgIpc) is 3.56. The van der Waals surface area contributed by atoms with Crippen molar-refractivity contribution in [3.05, 3.63) is 48.5 Å². The zero-order chi connectivity index (χ0) is 25.2. The molecule has 35 heavy (non-hydrogen) atoms. The number of carboxylic acids is 1. The van der Waals surface area contributed by atoms with Gasteiger partial charge in [0.1, 0.15) is 11.4 Å². The van der Waals surface area contributed by atoms with Gasteiger partial charge in [-0.3, -0.25) is 9.59 Å². The Kier molecular flexibility index (Phi) is 6.84.